The van der Waals surface area contributed by atoms with E-state index in [9.17, 15) is 18.4 Å². The fourth-order valence-corrected chi connectivity index (χ4v) is 4.65. The largest absolute Gasteiger partial charge is 0.497 e. The van der Waals surface area contributed by atoms with E-state index in [1.54, 1.807) is 31.2 Å². The van der Waals surface area contributed by atoms with Gasteiger partial charge in [-0.3, -0.25) is 13.9 Å². The lowest BCUT2D eigenvalue weighted by molar-refractivity contribution is 0.268. The van der Waals surface area contributed by atoms with Gasteiger partial charge in [0.15, 0.2) is 0 Å². The zero-order valence-corrected chi connectivity index (χ0v) is 20.6. The lowest BCUT2D eigenvalue weighted by Crippen LogP contribution is -2.46. The highest BCUT2D eigenvalue weighted by Gasteiger charge is 2.26. The van der Waals surface area contributed by atoms with E-state index < -0.39 is 28.9 Å². The third-order valence-corrected chi connectivity index (χ3v) is 6.66. The molecule has 1 atom stereocenters. The number of hydrogen-bond acceptors (Lipinski definition) is 4. The molecule has 0 radical (unpaired) electrons. The van der Waals surface area contributed by atoms with Crippen LogP contribution in [0, 0.1) is 24.5 Å². The number of methoxy groups -OCH3 is 1. The van der Waals surface area contributed by atoms with Crippen molar-refractivity contribution in [3.63, 3.8) is 0 Å². The monoisotopic (exact) mass is 483 g/mol. The van der Waals surface area contributed by atoms with Crippen molar-refractivity contribution < 1.29 is 13.5 Å². The maximum Gasteiger partial charge on any atom is 0.331 e. The van der Waals surface area contributed by atoms with E-state index in [1.807, 2.05) is 14.0 Å². The smallest absolute Gasteiger partial charge is 0.331 e. The Kier molecular flexibility index (Phi) is 7.21. The van der Waals surface area contributed by atoms with Gasteiger partial charge in [0.25, 0.3) is 5.56 Å². The van der Waals surface area contributed by atoms with Crippen LogP contribution >= 0.6 is 0 Å². The Morgan fingerprint density at radius 1 is 1.11 bits per heavy atom. The average Bonchev–Trinajstić information content (AvgIpc) is 3.62. The van der Waals surface area contributed by atoms with Crippen LogP contribution in [0.5, 0.6) is 5.75 Å². The van der Waals surface area contributed by atoms with Gasteiger partial charge in [-0.2, -0.15) is 0 Å². The van der Waals surface area contributed by atoms with E-state index in [2.05, 4.69) is 4.90 Å². The molecular formula is C27H31F2N3O3. The van der Waals surface area contributed by atoms with Crippen molar-refractivity contribution in [1.29, 1.82) is 0 Å². The fraction of sp³-hybridized carbons (Fsp3) is 0.407. The Morgan fingerprint density at radius 3 is 2.40 bits per heavy atom. The molecular weight excluding hydrogens is 452 g/mol. The van der Waals surface area contributed by atoms with Gasteiger partial charge >= 0.3 is 5.69 Å². The summed E-state index contributed by atoms with van der Waals surface area (Å²) >= 11 is 0. The second kappa shape index (κ2) is 10.2. The van der Waals surface area contributed by atoms with Crippen molar-refractivity contribution in [2.45, 2.75) is 39.3 Å². The van der Waals surface area contributed by atoms with Gasteiger partial charge in [-0.1, -0.05) is 18.2 Å². The first-order valence-corrected chi connectivity index (χ1v) is 11.8. The molecule has 0 bridgehead atoms. The SMILES string of the molecule is COc1cccc(-c2c(C)n(Cc3c(F)cccc3F)c(=O)n([C@H](C)CN(C)CC3CC3)c2=O)c1. The maximum atomic E-state index is 14.5. The summed E-state index contributed by atoms with van der Waals surface area (Å²) in [7, 11) is 3.51. The highest BCUT2D eigenvalue weighted by molar-refractivity contribution is 5.66. The zero-order valence-electron chi connectivity index (χ0n) is 20.6. The van der Waals surface area contributed by atoms with Crippen LogP contribution in [0.2, 0.25) is 0 Å². The number of halogens is 2. The Labute approximate surface area is 203 Å². The van der Waals surface area contributed by atoms with E-state index in [0.29, 0.717) is 35.0 Å². The van der Waals surface area contributed by atoms with E-state index in [-0.39, 0.29) is 12.1 Å². The number of aromatic nitrogens is 2. The van der Waals surface area contributed by atoms with Gasteiger partial charge < -0.3 is 9.64 Å². The van der Waals surface area contributed by atoms with Crippen LogP contribution in [0.3, 0.4) is 0 Å². The van der Waals surface area contributed by atoms with E-state index in [4.69, 9.17) is 4.74 Å². The standard InChI is InChI=1S/C27H31F2N3O3/c1-17(14-30(3)15-19-11-12-19)32-26(33)25(20-7-5-8-21(13-20)35-4)18(2)31(27(32)34)16-22-23(28)9-6-10-24(22)29/h5-10,13,17,19H,11-12,14-16H2,1-4H3/t17-/m1/s1. The minimum Gasteiger partial charge on any atom is -0.497 e. The van der Waals surface area contributed by atoms with Gasteiger partial charge in [-0.15, -0.1) is 0 Å². The van der Waals surface area contributed by atoms with Crippen molar-refractivity contribution >= 4 is 0 Å². The highest BCUT2D eigenvalue weighted by atomic mass is 19.1. The predicted octanol–water partition coefficient (Wildman–Crippen LogP) is 4.22. The summed E-state index contributed by atoms with van der Waals surface area (Å²) in [6.45, 7) is 4.53. The molecule has 6 nitrogen and oxygen atoms in total. The van der Waals surface area contributed by atoms with Crippen LogP contribution in [0.1, 0.15) is 37.1 Å². The molecule has 0 aliphatic heterocycles. The third kappa shape index (κ3) is 5.22. The first-order chi connectivity index (χ1) is 16.7. The topological polar surface area (TPSA) is 56.5 Å². The lowest BCUT2D eigenvalue weighted by Gasteiger charge is -2.25. The van der Waals surface area contributed by atoms with Gasteiger partial charge in [0, 0.05) is 24.3 Å². The molecule has 1 aliphatic carbocycles. The molecule has 0 saturated heterocycles. The van der Waals surface area contributed by atoms with Crippen LogP contribution in [0.4, 0.5) is 8.78 Å². The molecule has 1 fully saturated rings. The first-order valence-electron chi connectivity index (χ1n) is 11.8. The molecule has 1 saturated carbocycles. The van der Waals surface area contributed by atoms with Crippen LogP contribution in [0.25, 0.3) is 11.1 Å². The Bertz CT molecular complexity index is 1320. The molecule has 0 N–H and O–H groups in total. The molecule has 3 aromatic rings. The van der Waals surface area contributed by atoms with Crippen LogP contribution < -0.4 is 16.0 Å². The number of benzene rings is 2. The molecule has 0 unspecified atom stereocenters. The second-order valence-electron chi connectivity index (χ2n) is 9.45. The van der Waals surface area contributed by atoms with Crippen molar-refractivity contribution in [3.8, 4) is 16.9 Å². The molecule has 1 aliphatic rings. The Balaban J connectivity index is 1.88. The van der Waals surface area contributed by atoms with Crippen LogP contribution in [-0.2, 0) is 6.54 Å². The van der Waals surface area contributed by atoms with Gasteiger partial charge in [-0.25, -0.2) is 13.6 Å². The molecule has 0 amide bonds. The molecule has 1 aromatic heterocycles. The number of nitrogens with zero attached hydrogens (tertiary/aromatic N) is 3. The summed E-state index contributed by atoms with van der Waals surface area (Å²) in [6.07, 6.45) is 2.40. The van der Waals surface area contributed by atoms with Gasteiger partial charge in [-0.05, 0) is 69.5 Å². The normalized spacial score (nSPS) is 14.4. The van der Waals surface area contributed by atoms with Gasteiger partial charge in [0.1, 0.15) is 17.4 Å². The quantitative estimate of drug-likeness (QED) is 0.457. The highest BCUT2D eigenvalue weighted by Crippen LogP contribution is 2.29. The second-order valence-corrected chi connectivity index (χ2v) is 9.45. The number of ether oxygens (including phenoxy) is 1. The van der Waals surface area contributed by atoms with Crippen molar-refractivity contribution in [1.82, 2.24) is 14.0 Å². The molecule has 1 heterocycles. The van der Waals surface area contributed by atoms with Crippen molar-refractivity contribution in [2.24, 2.45) is 5.92 Å². The molecule has 0 spiro atoms. The lowest BCUT2D eigenvalue weighted by atomic mass is 10.0. The van der Waals surface area contributed by atoms with Crippen LogP contribution in [0.15, 0.2) is 52.1 Å². The Hall–Kier alpha value is -3.26. The summed E-state index contributed by atoms with van der Waals surface area (Å²) in [6, 6.07) is 10.2. The van der Waals surface area contributed by atoms with E-state index in [1.165, 1.54) is 35.2 Å². The summed E-state index contributed by atoms with van der Waals surface area (Å²) in [5.74, 6) is -0.263. The van der Waals surface area contributed by atoms with Gasteiger partial charge in [0.05, 0.1) is 25.3 Å². The number of likely N-dealkylation sites (N-methyl/N-ethyl adjacent to an activating group) is 1. The molecule has 8 heteroatoms. The minimum atomic E-state index is -0.741. The fourth-order valence-electron chi connectivity index (χ4n) is 4.65. The summed E-state index contributed by atoms with van der Waals surface area (Å²) in [5, 5.41) is 0. The van der Waals surface area contributed by atoms with Crippen molar-refractivity contribution in [3.05, 3.63) is 86.2 Å². The summed E-state index contributed by atoms with van der Waals surface area (Å²) < 4.78 is 36.9. The van der Waals surface area contributed by atoms with E-state index in [0.717, 1.165) is 18.7 Å². The zero-order chi connectivity index (χ0) is 25.3. The summed E-state index contributed by atoms with van der Waals surface area (Å²) in [4.78, 5) is 29.5. The molecule has 186 valence electrons. The third-order valence-electron chi connectivity index (χ3n) is 6.66. The predicted molar refractivity (Wildman–Crippen MR) is 132 cm³/mol. The molecule has 35 heavy (non-hydrogen) atoms. The minimum absolute atomic E-state index is 0.224. The maximum absolute atomic E-state index is 14.5. The Morgan fingerprint density at radius 2 is 1.77 bits per heavy atom. The average molecular weight is 484 g/mol. The number of rotatable bonds is 9. The van der Waals surface area contributed by atoms with Gasteiger partial charge in [0.2, 0.25) is 0 Å². The molecule has 4 rings (SSSR count). The first kappa shape index (κ1) is 24.9. The summed E-state index contributed by atoms with van der Waals surface area (Å²) in [5.41, 5.74) is -0.0324. The van der Waals surface area contributed by atoms with E-state index >= 15 is 0 Å². The molecule has 2 aromatic carbocycles. The number of hydrogen-bond donors (Lipinski definition) is 0. The van der Waals surface area contributed by atoms with Crippen LogP contribution in [-0.4, -0.2) is 41.3 Å². The van der Waals surface area contributed by atoms with Crippen molar-refractivity contribution in [2.75, 3.05) is 27.2 Å².